The fraction of sp³-hybridized carbons (Fsp3) is 0.231. The van der Waals surface area contributed by atoms with Gasteiger partial charge in [0.15, 0.2) is 11.4 Å². The van der Waals surface area contributed by atoms with Gasteiger partial charge in [0.1, 0.15) is 5.76 Å². The lowest BCUT2D eigenvalue weighted by molar-refractivity contribution is -0.00619. The van der Waals surface area contributed by atoms with Crippen molar-refractivity contribution >= 4 is 5.97 Å². The van der Waals surface area contributed by atoms with Crippen LogP contribution in [-0.4, -0.2) is 17.6 Å². The smallest absolute Gasteiger partial charge is 0.360 e. The SMILES string of the molecule is CCOC(=O)c1nc(-c2ccc(OF)cc2)oc1C. The van der Waals surface area contributed by atoms with Crippen LogP contribution in [0.4, 0.5) is 4.53 Å². The lowest BCUT2D eigenvalue weighted by atomic mass is 10.2. The first-order chi connectivity index (χ1) is 9.15. The van der Waals surface area contributed by atoms with Gasteiger partial charge in [-0.15, -0.1) is 0 Å². The summed E-state index contributed by atoms with van der Waals surface area (Å²) < 4.78 is 22.2. The van der Waals surface area contributed by atoms with Crippen LogP contribution in [0.1, 0.15) is 23.2 Å². The fourth-order valence-corrected chi connectivity index (χ4v) is 1.56. The number of aryl methyl sites for hydroxylation is 1. The molecule has 1 aromatic heterocycles. The van der Waals surface area contributed by atoms with E-state index in [0.717, 1.165) is 0 Å². The van der Waals surface area contributed by atoms with Gasteiger partial charge in [-0.3, -0.25) is 4.94 Å². The van der Waals surface area contributed by atoms with Gasteiger partial charge >= 0.3 is 5.97 Å². The molecule has 0 spiro atoms. The molecule has 0 N–H and O–H groups in total. The van der Waals surface area contributed by atoms with Crippen molar-refractivity contribution in [3.63, 3.8) is 0 Å². The molecular formula is C13H12FNO4. The zero-order valence-corrected chi connectivity index (χ0v) is 10.5. The fourth-order valence-electron chi connectivity index (χ4n) is 1.56. The Morgan fingerprint density at radius 1 is 1.37 bits per heavy atom. The number of aromatic nitrogens is 1. The number of hydrogen-bond acceptors (Lipinski definition) is 5. The molecule has 0 fully saturated rings. The van der Waals surface area contributed by atoms with Crippen LogP contribution in [0.25, 0.3) is 11.5 Å². The summed E-state index contributed by atoms with van der Waals surface area (Å²) in [5, 5.41) is 0. The Labute approximate surface area is 108 Å². The molecule has 0 radical (unpaired) electrons. The quantitative estimate of drug-likeness (QED) is 0.795. The predicted octanol–water partition coefficient (Wildman–Crippen LogP) is 3.09. The van der Waals surface area contributed by atoms with E-state index in [-0.39, 0.29) is 23.9 Å². The Kier molecular flexibility index (Phi) is 3.79. The number of oxazole rings is 1. The van der Waals surface area contributed by atoms with E-state index in [0.29, 0.717) is 11.3 Å². The lowest BCUT2D eigenvalue weighted by Gasteiger charge is -1.97. The van der Waals surface area contributed by atoms with Gasteiger partial charge in [-0.25, -0.2) is 9.78 Å². The summed E-state index contributed by atoms with van der Waals surface area (Å²) in [5.74, 6) is 0.196. The van der Waals surface area contributed by atoms with Crippen molar-refractivity contribution in [1.29, 1.82) is 0 Å². The number of esters is 1. The van der Waals surface area contributed by atoms with E-state index in [4.69, 9.17) is 9.15 Å². The highest BCUT2D eigenvalue weighted by molar-refractivity contribution is 5.88. The van der Waals surface area contributed by atoms with Crippen molar-refractivity contribution in [1.82, 2.24) is 4.98 Å². The molecule has 5 nitrogen and oxygen atoms in total. The van der Waals surface area contributed by atoms with E-state index in [1.165, 1.54) is 12.1 Å². The van der Waals surface area contributed by atoms with Gasteiger partial charge in [-0.1, -0.05) is 0 Å². The lowest BCUT2D eigenvalue weighted by Crippen LogP contribution is -2.06. The van der Waals surface area contributed by atoms with Gasteiger partial charge in [0, 0.05) is 10.1 Å². The third-order valence-electron chi connectivity index (χ3n) is 2.46. The maximum atomic E-state index is 11.9. The monoisotopic (exact) mass is 265 g/mol. The molecule has 0 aliphatic rings. The molecule has 6 heteroatoms. The minimum Gasteiger partial charge on any atom is -0.461 e. The number of ether oxygens (including phenoxy) is 1. The average molecular weight is 265 g/mol. The molecule has 2 rings (SSSR count). The maximum absolute atomic E-state index is 11.9. The highest BCUT2D eigenvalue weighted by Gasteiger charge is 2.18. The second-order valence-corrected chi connectivity index (χ2v) is 3.75. The van der Waals surface area contributed by atoms with Crippen LogP contribution in [0.3, 0.4) is 0 Å². The summed E-state index contributed by atoms with van der Waals surface area (Å²) in [4.78, 5) is 19.3. The molecule has 0 saturated carbocycles. The van der Waals surface area contributed by atoms with Crippen molar-refractivity contribution in [3.8, 4) is 17.2 Å². The molecule has 0 unspecified atom stereocenters. The highest BCUT2D eigenvalue weighted by Crippen LogP contribution is 2.24. The summed E-state index contributed by atoms with van der Waals surface area (Å²) in [6, 6.07) is 6.02. The zero-order valence-electron chi connectivity index (χ0n) is 10.5. The van der Waals surface area contributed by atoms with Crippen LogP contribution in [0.15, 0.2) is 28.7 Å². The minimum absolute atomic E-state index is 0.0812. The Balaban J connectivity index is 2.30. The van der Waals surface area contributed by atoms with Crippen LogP contribution in [0, 0.1) is 6.92 Å². The van der Waals surface area contributed by atoms with E-state index >= 15 is 0 Å². The maximum Gasteiger partial charge on any atom is 0.360 e. The van der Waals surface area contributed by atoms with E-state index < -0.39 is 5.97 Å². The number of nitrogens with zero attached hydrogens (tertiary/aromatic N) is 1. The topological polar surface area (TPSA) is 61.6 Å². The molecule has 0 aliphatic carbocycles. The number of benzene rings is 1. The molecule has 0 amide bonds. The molecule has 0 saturated heterocycles. The summed E-state index contributed by atoms with van der Waals surface area (Å²) in [5.41, 5.74) is 0.752. The Morgan fingerprint density at radius 2 is 2.05 bits per heavy atom. The second-order valence-electron chi connectivity index (χ2n) is 3.75. The van der Waals surface area contributed by atoms with E-state index in [1.54, 1.807) is 26.0 Å². The second kappa shape index (κ2) is 5.51. The van der Waals surface area contributed by atoms with Crippen LogP contribution < -0.4 is 4.94 Å². The van der Waals surface area contributed by atoms with E-state index in [9.17, 15) is 9.32 Å². The number of halogens is 1. The number of carbonyl (C=O) groups excluding carboxylic acids is 1. The third-order valence-corrected chi connectivity index (χ3v) is 2.46. The van der Waals surface area contributed by atoms with Crippen LogP contribution >= 0.6 is 0 Å². The van der Waals surface area contributed by atoms with Gasteiger partial charge in [0.05, 0.1) is 6.61 Å². The molecule has 0 atom stereocenters. The molecule has 0 bridgehead atoms. The van der Waals surface area contributed by atoms with Crippen LogP contribution in [0.5, 0.6) is 5.75 Å². The van der Waals surface area contributed by atoms with Gasteiger partial charge in [0.2, 0.25) is 5.89 Å². The number of carbonyl (C=O) groups is 1. The Hall–Kier alpha value is -2.37. The van der Waals surface area contributed by atoms with Gasteiger partial charge < -0.3 is 9.15 Å². The van der Waals surface area contributed by atoms with Gasteiger partial charge in [-0.05, 0) is 38.1 Å². The number of rotatable bonds is 4. The van der Waals surface area contributed by atoms with E-state index in [1.807, 2.05) is 0 Å². The van der Waals surface area contributed by atoms with Gasteiger partial charge in [-0.2, -0.15) is 0 Å². The van der Waals surface area contributed by atoms with Gasteiger partial charge in [0.25, 0.3) is 0 Å². The zero-order chi connectivity index (χ0) is 13.8. The first-order valence-electron chi connectivity index (χ1n) is 5.69. The summed E-state index contributed by atoms with van der Waals surface area (Å²) in [7, 11) is 0. The number of hydrogen-bond donors (Lipinski definition) is 0. The molecule has 0 aliphatic heterocycles. The molecule has 100 valence electrons. The molecule has 19 heavy (non-hydrogen) atoms. The summed E-state index contributed by atoms with van der Waals surface area (Å²) >= 11 is 0. The van der Waals surface area contributed by atoms with E-state index in [2.05, 4.69) is 9.93 Å². The molecule has 2 aromatic rings. The van der Waals surface area contributed by atoms with Crippen molar-refractivity contribution in [2.45, 2.75) is 13.8 Å². The summed E-state index contributed by atoms with van der Waals surface area (Å²) in [6.45, 7) is 3.61. The molecular weight excluding hydrogens is 253 g/mol. The third kappa shape index (κ3) is 2.73. The largest absolute Gasteiger partial charge is 0.461 e. The Bertz CT molecular complexity index is 577. The first kappa shape index (κ1) is 13.1. The van der Waals surface area contributed by atoms with Crippen molar-refractivity contribution in [2.24, 2.45) is 0 Å². The molecule has 1 aromatic carbocycles. The Morgan fingerprint density at radius 3 is 2.63 bits per heavy atom. The minimum atomic E-state index is -0.529. The predicted molar refractivity (Wildman–Crippen MR) is 64.4 cm³/mol. The standard InChI is InChI=1S/C13H12FNO4/c1-3-17-13(16)11-8(2)18-12(15-11)9-4-6-10(19-14)7-5-9/h4-7H,3H2,1-2H3. The van der Waals surface area contributed by atoms with Crippen molar-refractivity contribution in [2.75, 3.05) is 6.61 Å². The normalized spacial score (nSPS) is 10.3. The van der Waals surface area contributed by atoms with Crippen molar-refractivity contribution < 1.29 is 23.4 Å². The first-order valence-corrected chi connectivity index (χ1v) is 5.69. The average Bonchev–Trinajstić information content (AvgIpc) is 2.81. The summed E-state index contributed by atoms with van der Waals surface area (Å²) in [6.07, 6.45) is 0. The molecule has 1 heterocycles. The highest BCUT2D eigenvalue weighted by atomic mass is 19.3. The van der Waals surface area contributed by atoms with Crippen LogP contribution in [0.2, 0.25) is 0 Å². The van der Waals surface area contributed by atoms with Crippen LogP contribution in [-0.2, 0) is 4.74 Å². The van der Waals surface area contributed by atoms with Crippen molar-refractivity contribution in [3.05, 3.63) is 35.7 Å².